The minimum atomic E-state index is -1.36. The predicted molar refractivity (Wildman–Crippen MR) is 195 cm³/mol. The Morgan fingerprint density at radius 1 is 1.02 bits per heavy atom. The third-order valence-corrected chi connectivity index (χ3v) is 13.7. The number of fused-ring (bicyclic) bond motifs is 9. The zero-order valence-electron chi connectivity index (χ0n) is 30.8. The number of aliphatic hydroxyl groups excluding tert-OH is 1. The summed E-state index contributed by atoms with van der Waals surface area (Å²) in [6.45, 7) is 5.26. The van der Waals surface area contributed by atoms with Gasteiger partial charge in [0, 0.05) is 47.5 Å². The van der Waals surface area contributed by atoms with Crippen molar-refractivity contribution >= 4 is 23.7 Å². The van der Waals surface area contributed by atoms with Crippen LogP contribution in [0.4, 0.5) is 0 Å². The van der Waals surface area contributed by atoms with Gasteiger partial charge in [0.1, 0.15) is 18.6 Å². The monoisotopic (exact) mass is 761 g/mol. The van der Waals surface area contributed by atoms with Gasteiger partial charge in [0.15, 0.2) is 40.0 Å². The minimum absolute atomic E-state index is 0.0226. The molecule has 4 bridgehead atoms. The molecule has 54 heavy (non-hydrogen) atoms. The Kier molecular flexibility index (Phi) is 8.21. The number of phenols is 2. The number of nitrogens with zero attached hydrogens (tertiary/aromatic N) is 2. The Balaban J connectivity index is 1.32. The van der Waals surface area contributed by atoms with E-state index in [0.29, 0.717) is 70.2 Å². The molecule has 0 aliphatic carbocycles. The Morgan fingerprint density at radius 2 is 1.80 bits per heavy atom. The van der Waals surface area contributed by atoms with Crippen molar-refractivity contribution in [1.82, 2.24) is 15.1 Å². The highest BCUT2D eigenvalue weighted by atomic mass is 32.2. The van der Waals surface area contributed by atoms with Crippen LogP contribution >= 0.6 is 11.8 Å². The molecule has 3 aromatic rings. The second-order valence-corrected chi connectivity index (χ2v) is 16.1. The van der Waals surface area contributed by atoms with E-state index in [9.17, 15) is 24.9 Å². The van der Waals surface area contributed by atoms with Crippen molar-refractivity contribution in [2.24, 2.45) is 0 Å². The predicted octanol–water partition coefficient (Wildman–Crippen LogP) is 3.41. The molecule has 7 heterocycles. The van der Waals surface area contributed by atoms with E-state index in [4.69, 9.17) is 28.4 Å². The summed E-state index contributed by atoms with van der Waals surface area (Å²) in [6, 6.07) is 3.13. The number of piperazine rings is 1. The molecule has 7 aliphatic heterocycles. The van der Waals surface area contributed by atoms with Crippen LogP contribution in [0.15, 0.2) is 18.2 Å². The van der Waals surface area contributed by atoms with Crippen LogP contribution < -0.4 is 29.0 Å². The lowest BCUT2D eigenvalue weighted by atomic mass is 9.73. The van der Waals surface area contributed by atoms with Crippen molar-refractivity contribution in [3.05, 3.63) is 62.7 Å². The smallest absolute Gasteiger partial charge is 0.331 e. The molecule has 2 saturated heterocycles. The molecule has 4 N–H and O–H groups in total. The van der Waals surface area contributed by atoms with Crippen molar-refractivity contribution in [3.8, 4) is 40.2 Å². The van der Waals surface area contributed by atoms with Crippen LogP contribution in [-0.4, -0.2) is 102 Å². The van der Waals surface area contributed by atoms with Gasteiger partial charge >= 0.3 is 11.9 Å². The largest absolute Gasteiger partial charge is 0.504 e. The molecule has 2 fully saturated rings. The molecule has 286 valence electrons. The van der Waals surface area contributed by atoms with Gasteiger partial charge < -0.3 is 43.7 Å². The quantitative estimate of drug-likeness (QED) is 0.226. The third kappa shape index (κ3) is 4.74. The number of aromatic hydroxyl groups is 2. The fraction of sp³-hybridized carbons (Fsp3) is 0.487. The van der Waals surface area contributed by atoms with Gasteiger partial charge in [0.05, 0.1) is 37.6 Å². The second kappa shape index (κ2) is 12.6. The van der Waals surface area contributed by atoms with Gasteiger partial charge in [-0.05, 0) is 68.1 Å². The van der Waals surface area contributed by atoms with Crippen molar-refractivity contribution in [2.45, 2.75) is 74.8 Å². The summed E-state index contributed by atoms with van der Waals surface area (Å²) in [5.74, 6) is 0.949. The molecule has 15 heteroatoms. The van der Waals surface area contributed by atoms with E-state index in [-0.39, 0.29) is 42.4 Å². The molecule has 0 amide bonds. The van der Waals surface area contributed by atoms with Gasteiger partial charge in [-0.2, -0.15) is 0 Å². The number of carbonyl (C=O) groups excluding carboxylic acids is 2. The van der Waals surface area contributed by atoms with Crippen molar-refractivity contribution in [3.63, 3.8) is 0 Å². The Labute approximate surface area is 316 Å². The van der Waals surface area contributed by atoms with Crippen LogP contribution in [0.2, 0.25) is 0 Å². The number of rotatable bonds is 3. The lowest BCUT2D eigenvalue weighted by Gasteiger charge is -2.62. The van der Waals surface area contributed by atoms with Gasteiger partial charge in [-0.3, -0.25) is 19.9 Å². The van der Waals surface area contributed by atoms with Crippen molar-refractivity contribution in [2.75, 3.05) is 47.0 Å². The summed E-state index contributed by atoms with van der Waals surface area (Å²) in [5, 5.41) is 38.2. The van der Waals surface area contributed by atoms with E-state index in [1.165, 1.54) is 32.9 Å². The van der Waals surface area contributed by atoms with Crippen LogP contribution in [-0.2, 0) is 32.7 Å². The number of hydrogen-bond donors (Lipinski definition) is 4. The van der Waals surface area contributed by atoms with Gasteiger partial charge in [-0.1, -0.05) is 6.07 Å². The molecular formula is C39H43N3O11S. The fourth-order valence-corrected chi connectivity index (χ4v) is 11.7. The molecule has 14 nitrogen and oxygen atoms in total. The molecule has 0 saturated carbocycles. The highest BCUT2D eigenvalue weighted by Gasteiger charge is 2.61. The number of carbonyl (C=O) groups is 2. The maximum absolute atomic E-state index is 14.7. The van der Waals surface area contributed by atoms with E-state index in [0.717, 1.165) is 16.7 Å². The number of thioether (sulfide) groups is 1. The first-order valence-electron chi connectivity index (χ1n) is 18.1. The fourth-order valence-electron chi connectivity index (χ4n) is 10.00. The SMILES string of the molecule is COc1cc2c(cc1O)CCN[C@@]21CS[C@@H]2c3c(OC(C)=O)c(C)c4c(c3[C@H](COC1=O)N1[C@@H]2C2c3c(cc(C)c(OC)c3O)C[C@H]([C@@H]1O)N2C)OCO4. The number of esters is 2. The number of nitrogens with one attached hydrogen (secondary N) is 1. The Morgan fingerprint density at radius 3 is 2.54 bits per heavy atom. The van der Waals surface area contributed by atoms with E-state index in [1.54, 1.807) is 12.1 Å². The van der Waals surface area contributed by atoms with Crippen LogP contribution in [0.1, 0.15) is 68.8 Å². The third-order valence-electron chi connectivity index (χ3n) is 12.3. The molecular weight excluding hydrogens is 719 g/mol. The number of benzene rings is 3. The molecule has 1 spiro atoms. The molecule has 1 unspecified atom stereocenters. The zero-order chi connectivity index (χ0) is 38.0. The number of aliphatic hydroxyl groups is 1. The number of phenolic OH excluding ortho intramolecular Hbond substituents is 2. The number of ether oxygens (including phenoxy) is 6. The van der Waals surface area contributed by atoms with Crippen LogP contribution in [0.3, 0.4) is 0 Å². The summed E-state index contributed by atoms with van der Waals surface area (Å²) < 4.78 is 35.9. The minimum Gasteiger partial charge on any atom is -0.504 e. The highest BCUT2D eigenvalue weighted by molar-refractivity contribution is 7.99. The first kappa shape index (κ1) is 35.3. The number of hydrogen-bond acceptors (Lipinski definition) is 15. The first-order valence-corrected chi connectivity index (χ1v) is 19.1. The van der Waals surface area contributed by atoms with Gasteiger partial charge in [0.25, 0.3) is 0 Å². The van der Waals surface area contributed by atoms with Crippen LogP contribution in [0.25, 0.3) is 0 Å². The zero-order valence-corrected chi connectivity index (χ0v) is 31.7. The van der Waals surface area contributed by atoms with E-state index >= 15 is 0 Å². The summed E-state index contributed by atoms with van der Waals surface area (Å²) >= 11 is 1.47. The van der Waals surface area contributed by atoms with Crippen molar-refractivity contribution < 1.29 is 53.3 Å². The van der Waals surface area contributed by atoms with E-state index < -0.39 is 47.1 Å². The molecule has 7 aliphatic rings. The molecule has 0 aromatic heterocycles. The average Bonchev–Trinajstić information content (AvgIpc) is 3.63. The highest BCUT2D eigenvalue weighted by Crippen LogP contribution is 2.64. The number of methoxy groups -OCH3 is 2. The van der Waals surface area contributed by atoms with E-state index in [2.05, 4.69) is 10.2 Å². The van der Waals surface area contributed by atoms with Gasteiger partial charge in [-0.15, -0.1) is 11.8 Å². The topological polar surface area (TPSA) is 169 Å². The summed E-state index contributed by atoms with van der Waals surface area (Å²) in [6.07, 6.45) is -0.0282. The Hall–Kier alpha value is -4.41. The maximum Gasteiger partial charge on any atom is 0.331 e. The first-order chi connectivity index (χ1) is 25.9. The lowest BCUT2D eigenvalue weighted by Crippen LogP contribution is -2.70. The van der Waals surface area contributed by atoms with Gasteiger partial charge in [-0.25, -0.2) is 4.79 Å². The number of likely N-dealkylation sites (N-methyl/N-ethyl adjacent to an activating group) is 1. The van der Waals surface area contributed by atoms with E-state index in [1.807, 2.05) is 31.9 Å². The van der Waals surface area contributed by atoms with Crippen LogP contribution in [0, 0.1) is 13.8 Å². The maximum atomic E-state index is 14.7. The molecule has 0 radical (unpaired) electrons. The molecule has 3 aromatic carbocycles. The van der Waals surface area contributed by atoms with Crippen LogP contribution in [0.5, 0.6) is 40.2 Å². The summed E-state index contributed by atoms with van der Waals surface area (Å²) in [5.41, 5.74) is 4.36. The van der Waals surface area contributed by atoms with Gasteiger partial charge in [0.2, 0.25) is 6.79 Å². The standard InChI is InChI=1S/C39H43N3O11S/c1-16-9-20-10-22-37(46)42-23-13-50-38(47)39(21-12-25(48-5)24(44)11-19(21)7-8-40-39)14-54-36(30(42)29(41(22)4)26(20)31(45)32(16)49-6)28-27(23)35-34(51-15-52-35)17(2)33(28)53-18(3)43/h9,11-12,22-23,29-30,36-37,40,44-46H,7-8,10,13-15H2,1-6H3/t22-,23+,29?,30-,36-,37+,39+/m1/s1. The van der Waals surface area contributed by atoms with Crippen molar-refractivity contribution in [1.29, 1.82) is 0 Å². The summed E-state index contributed by atoms with van der Waals surface area (Å²) in [4.78, 5) is 31.7. The Bertz CT molecular complexity index is 2130. The molecule has 10 rings (SSSR count). The normalized spacial score (nSPS) is 29.4. The second-order valence-electron chi connectivity index (χ2n) is 14.9. The lowest BCUT2D eigenvalue weighted by molar-refractivity contribution is -0.186. The summed E-state index contributed by atoms with van der Waals surface area (Å²) in [7, 11) is 4.96. The molecule has 7 atom stereocenters. The number of aryl methyl sites for hydroxylation is 1. The average molecular weight is 762 g/mol.